The SMILES string of the molecule is CC1CN(C(c2ccccc2)c2ccc(C#N)cc2)CCN1CC(=O)O. The fourth-order valence-electron chi connectivity index (χ4n) is 3.66. The van der Waals surface area contributed by atoms with Crippen LogP contribution in [0.2, 0.25) is 0 Å². The normalized spacial score (nSPS) is 19.6. The minimum absolute atomic E-state index is 0.0852. The third kappa shape index (κ3) is 4.10. The van der Waals surface area contributed by atoms with E-state index >= 15 is 0 Å². The zero-order valence-electron chi connectivity index (χ0n) is 14.9. The Morgan fingerprint density at radius 2 is 1.81 bits per heavy atom. The van der Waals surface area contributed by atoms with Gasteiger partial charge in [-0.2, -0.15) is 5.26 Å². The van der Waals surface area contributed by atoms with E-state index in [2.05, 4.69) is 30.0 Å². The molecule has 0 aromatic heterocycles. The van der Waals surface area contributed by atoms with Gasteiger partial charge in [-0.3, -0.25) is 14.6 Å². The van der Waals surface area contributed by atoms with E-state index in [1.165, 1.54) is 5.56 Å². The Labute approximate surface area is 154 Å². The molecule has 1 N–H and O–H groups in total. The average Bonchev–Trinajstić information content (AvgIpc) is 2.65. The lowest BCUT2D eigenvalue weighted by molar-refractivity contribution is -0.139. The molecule has 1 heterocycles. The van der Waals surface area contributed by atoms with Gasteiger partial charge in [0, 0.05) is 25.7 Å². The van der Waals surface area contributed by atoms with Gasteiger partial charge in [0.1, 0.15) is 0 Å². The van der Waals surface area contributed by atoms with Crippen LogP contribution in [0.1, 0.15) is 29.7 Å². The van der Waals surface area contributed by atoms with Crippen LogP contribution in [0.25, 0.3) is 0 Å². The summed E-state index contributed by atoms with van der Waals surface area (Å²) in [7, 11) is 0. The molecule has 2 aromatic carbocycles. The molecule has 1 saturated heterocycles. The number of carboxylic acids is 1. The van der Waals surface area contributed by atoms with Crippen LogP contribution in [0, 0.1) is 11.3 Å². The Balaban J connectivity index is 1.87. The number of carboxylic acid groups (broad SMARTS) is 1. The number of rotatable bonds is 5. The van der Waals surface area contributed by atoms with Crippen molar-refractivity contribution in [2.45, 2.75) is 19.0 Å². The first kappa shape index (κ1) is 18.1. The standard InChI is InChI=1S/C21H23N3O2/c1-16-14-24(12-11-23(16)15-20(25)26)21(18-5-3-2-4-6-18)19-9-7-17(13-22)8-10-19/h2-10,16,21H,11-12,14-15H2,1H3,(H,25,26). The molecular weight excluding hydrogens is 326 g/mol. The van der Waals surface area contributed by atoms with Crippen molar-refractivity contribution in [3.05, 3.63) is 71.3 Å². The second kappa shape index (κ2) is 8.13. The summed E-state index contributed by atoms with van der Waals surface area (Å²) in [5.41, 5.74) is 3.00. The summed E-state index contributed by atoms with van der Waals surface area (Å²) in [4.78, 5) is 15.5. The van der Waals surface area contributed by atoms with E-state index in [1.807, 2.05) is 47.4 Å². The first-order valence-electron chi connectivity index (χ1n) is 8.83. The fourth-order valence-corrected chi connectivity index (χ4v) is 3.66. The van der Waals surface area contributed by atoms with Crippen molar-refractivity contribution in [3.8, 4) is 6.07 Å². The van der Waals surface area contributed by atoms with Crippen molar-refractivity contribution < 1.29 is 9.90 Å². The molecule has 26 heavy (non-hydrogen) atoms. The van der Waals surface area contributed by atoms with Gasteiger partial charge in [-0.25, -0.2) is 0 Å². The highest BCUT2D eigenvalue weighted by Gasteiger charge is 2.30. The van der Waals surface area contributed by atoms with Gasteiger partial charge < -0.3 is 5.11 Å². The molecule has 2 aromatic rings. The number of piperazine rings is 1. The Morgan fingerprint density at radius 3 is 2.38 bits per heavy atom. The number of nitrogens with zero attached hydrogens (tertiary/aromatic N) is 3. The van der Waals surface area contributed by atoms with E-state index in [-0.39, 0.29) is 18.6 Å². The highest BCUT2D eigenvalue weighted by atomic mass is 16.4. The van der Waals surface area contributed by atoms with Gasteiger partial charge in [0.2, 0.25) is 0 Å². The first-order chi connectivity index (χ1) is 12.6. The predicted molar refractivity (Wildman–Crippen MR) is 99.7 cm³/mol. The predicted octanol–water partition coefficient (Wildman–Crippen LogP) is 2.74. The van der Waals surface area contributed by atoms with E-state index in [0.717, 1.165) is 25.2 Å². The minimum atomic E-state index is -0.781. The molecule has 1 aliphatic heterocycles. The first-order valence-corrected chi connectivity index (χ1v) is 8.83. The highest BCUT2D eigenvalue weighted by Crippen LogP contribution is 2.30. The van der Waals surface area contributed by atoms with Crippen molar-refractivity contribution in [3.63, 3.8) is 0 Å². The van der Waals surface area contributed by atoms with Crippen LogP contribution < -0.4 is 0 Å². The zero-order valence-corrected chi connectivity index (χ0v) is 14.9. The fraction of sp³-hybridized carbons (Fsp3) is 0.333. The second-order valence-electron chi connectivity index (χ2n) is 6.76. The van der Waals surface area contributed by atoms with E-state index in [1.54, 1.807) is 0 Å². The lowest BCUT2D eigenvalue weighted by atomic mass is 9.95. The van der Waals surface area contributed by atoms with E-state index < -0.39 is 5.97 Å². The summed E-state index contributed by atoms with van der Waals surface area (Å²) >= 11 is 0. The Bertz CT molecular complexity index is 783. The summed E-state index contributed by atoms with van der Waals surface area (Å²) in [5.74, 6) is -0.781. The van der Waals surface area contributed by atoms with Gasteiger partial charge in [-0.1, -0.05) is 42.5 Å². The monoisotopic (exact) mass is 349 g/mol. The Morgan fingerprint density at radius 1 is 1.15 bits per heavy atom. The maximum Gasteiger partial charge on any atom is 0.317 e. The van der Waals surface area contributed by atoms with Crippen LogP contribution in [0.5, 0.6) is 0 Å². The molecule has 0 bridgehead atoms. The molecule has 2 atom stereocenters. The van der Waals surface area contributed by atoms with E-state index in [9.17, 15) is 4.79 Å². The van der Waals surface area contributed by atoms with Crippen LogP contribution >= 0.6 is 0 Å². The van der Waals surface area contributed by atoms with Crippen molar-refractivity contribution in [2.75, 3.05) is 26.2 Å². The summed E-state index contributed by atoms with van der Waals surface area (Å²) in [6.45, 7) is 4.49. The molecule has 1 fully saturated rings. The maximum atomic E-state index is 11.1. The number of nitriles is 1. The molecule has 5 heteroatoms. The second-order valence-corrected chi connectivity index (χ2v) is 6.76. The third-order valence-corrected chi connectivity index (χ3v) is 4.97. The van der Waals surface area contributed by atoms with E-state index in [4.69, 9.17) is 10.4 Å². The van der Waals surface area contributed by atoms with Crippen LogP contribution in [-0.4, -0.2) is 53.1 Å². The van der Waals surface area contributed by atoms with Gasteiger partial charge in [0.25, 0.3) is 0 Å². The molecule has 2 unspecified atom stereocenters. The van der Waals surface area contributed by atoms with Gasteiger partial charge in [0.05, 0.1) is 24.2 Å². The van der Waals surface area contributed by atoms with Crippen molar-refractivity contribution in [2.24, 2.45) is 0 Å². The minimum Gasteiger partial charge on any atom is -0.480 e. The zero-order chi connectivity index (χ0) is 18.5. The van der Waals surface area contributed by atoms with Gasteiger partial charge in [-0.05, 0) is 30.2 Å². The van der Waals surface area contributed by atoms with Crippen LogP contribution in [0.3, 0.4) is 0 Å². The molecule has 0 aliphatic carbocycles. The quantitative estimate of drug-likeness (QED) is 0.899. The topological polar surface area (TPSA) is 67.6 Å². The van der Waals surface area contributed by atoms with E-state index in [0.29, 0.717) is 5.56 Å². The molecule has 1 aliphatic rings. The number of benzene rings is 2. The molecular formula is C21H23N3O2. The number of aliphatic carboxylic acids is 1. The Hall–Kier alpha value is -2.68. The number of hydrogen-bond donors (Lipinski definition) is 1. The largest absolute Gasteiger partial charge is 0.480 e. The van der Waals surface area contributed by atoms with Crippen LogP contribution in [-0.2, 0) is 4.79 Å². The lowest BCUT2D eigenvalue weighted by Gasteiger charge is -2.43. The lowest BCUT2D eigenvalue weighted by Crippen LogP contribution is -2.54. The summed E-state index contributed by atoms with van der Waals surface area (Å²) in [6, 6.07) is 20.5. The van der Waals surface area contributed by atoms with Gasteiger partial charge >= 0.3 is 5.97 Å². The molecule has 0 spiro atoms. The smallest absolute Gasteiger partial charge is 0.317 e. The molecule has 5 nitrogen and oxygen atoms in total. The van der Waals surface area contributed by atoms with Gasteiger partial charge in [0.15, 0.2) is 0 Å². The summed E-state index contributed by atoms with van der Waals surface area (Å²) in [5, 5.41) is 18.1. The maximum absolute atomic E-state index is 11.1. The molecule has 3 rings (SSSR count). The van der Waals surface area contributed by atoms with Gasteiger partial charge in [-0.15, -0.1) is 0 Å². The highest BCUT2D eigenvalue weighted by molar-refractivity contribution is 5.69. The summed E-state index contributed by atoms with van der Waals surface area (Å²) in [6.07, 6.45) is 0. The van der Waals surface area contributed by atoms with Crippen molar-refractivity contribution in [1.82, 2.24) is 9.80 Å². The summed E-state index contributed by atoms with van der Waals surface area (Å²) < 4.78 is 0. The molecule has 134 valence electrons. The average molecular weight is 349 g/mol. The van der Waals surface area contributed by atoms with Crippen molar-refractivity contribution >= 4 is 5.97 Å². The third-order valence-electron chi connectivity index (χ3n) is 4.97. The van der Waals surface area contributed by atoms with Crippen LogP contribution in [0.15, 0.2) is 54.6 Å². The number of hydrogen-bond acceptors (Lipinski definition) is 4. The molecule has 0 saturated carbocycles. The molecule has 0 amide bonds. The van der Waals surface area contributed by atoms with Crippen LogP contribution in [0.4, 0.5) is 0 Å². The Kier molecular flexibility index (Phi) is 5.67. The van der Waals surface area contributed by atoms with Crippen molar-refractivity contribution in [1.29, 1.82) is 5.26 Å². The molecule has 0 radical (unpaired) electrons. The number of carbonyl (C=O) groups is 1.